The van der Waals surface area contributed by atoms with Crippen molar-refractivity contribution >= 4 is 11.8 Å². The molecule has 7 heteroatoms. The summed E-state index contributed by atoms with van der Waals surface area (Å²) in [6.45, 7) is 3.09. The number of likely N-dealkylation sites (tertiary alicyclic amines) is 1. The van der Waals surface area contributed by atoms with Gasteiger partial charge in [-0.2, -0.15) is 0 Å². The highest BCUT2D eigenvalue weighted by molar-refractivity contribution is 5.77. The summed E-state index contributed by atoms with van der Waals surface area (Å²) in [6, 6.07) is 9.75. The third-order valence-corrected chi connectivity index (χ3v) is 7.97. The zero-order valence-electron chi connectivity index (χ0n) is 22.1. The molecule has 2 atom stereocenters. The smallest absolute Gasteiger partial charge is 0.325 e. The summed E-state index contributed by atoms with van der Waals surface area (Å²) in [4.78, 5) is 19.2. The van der Waals surface area contributed by atoms with Crippen LogP contribution in [0.15, 0.2) is 30.3 Å². The van der Waals surface area contributed by atoms with E-state index in [0.717, 1.165) is 87.6 Å². The Bertz CT molecular complexity index is 1070. The summed E-state index contributed by atoms with van der Waals surface area (Å²) >= 11 is 0. The minimum absolute atomic E-state index is 0.0795. The molecule has 200 valence electrons. The number of ether oxygens (including phenoxy) is 2. The highest BCUT2D eigenvalue weighted by Crippen LogP contribution is 2.37. The quantitative estimate of drug-likeness (QED) is 0.368. The van der Waals surface area contributed by atoms with E-state index in [0.29, 0.717) is 12.3 Å². The van der Waals surface area contributed by atoms with Gasteiger partial charge in [0, 0.05) is 37.5 Å². The lowest BCUT2D eigenvalue weighted by Crippen LogP contribution is -2.34. The molecule has 1 aromatic heterocycles. The first-order valence-electron chi connectivity index (χ1n) is 14.1. The second-order valence-corrected chi connectivity index (χ2v) is 10.9. The average Bonchev–Trinajstić information content (AvgIpc) is 3.61. The summed E-state index contributed by atoms with van der Waals surface area (Å²) in [5.74, 6) is 1.65. The lowest BCUT2D eigenvalue weighted by molar-refractivity contribution is -0.143. The molecular formula is C30H41N3O4. The Morgan fingerprint density at radius 2 is 2.08 bits per heavy atom. The number of fused-ring (bicyclic) bond motifs is 1. The molecule has 0 amide bonds. The Morgan fingerprint density at radius 1 is 1.19 bits per heavy atom. The van der Waals surface area contributed by atoms with Crippen molar-refractivity contribution in [2.75, 3.05) is 38.7 Å². The standard InChI is InChI=1S/C30H41N3O4/c1-36-27-13-10-22(18-21-8-9-21)19-26(27)28(30(34)35)33-16-14-25(20-33)37-17-4-2-3-7-24-12-11-23-6-5-15-31-29(23)32-24/h10-13,19,21,25,28H,2-9,14-18,20H2,1H3,(H,31,32)(H,34,35)/t25-,28?/m1/s1. The molecule has 3 aliphatic rings. The lowest BCUT2D eigenvalue weighted by atomic mass is 9.99. The molecule has 7 nitrogen and oxygen atoms in total. The summed E-state index contributed by atoms with van der Waals surface area (Å²) in [5, 5.41) is 13.6. The fourth-order valence-electron chi connectivity index (χ4n) is 5.73. The molecule has 1 saturated carbocycles. The highest BCUT2D eigenvalue weighted by Gasteiger charge is 2.36. The van der Waals surface area contributed by atoms with Crippen LogP contribution >= 0.6 is 0 Å². The van der Waals surface area contributed by atoms with Crippen LogP contribution in [0.2, 0.25) is 0 Å². The van der Waals surface area contributed by atoms with E-state index in [4.69, 9.17) is 14.5 Å². The topological polar surface area (TPSA) is 83.9 Å². The van der Waals surface area contributed by atoms with Crippen molar-refractivity contribution in [3.8, 4) is 5.75 Å². The highest BCUT2D eigenvalue weighted by atomic mass is 16.5. The molecule has 2 N–H and O–H groups in total. The third-order valence-electron chi connectivity index (χ3n) is 7.97. The van der Waals surface area contributed by atoms with Crippen LogP contribution in [0.25, 0.3) is 0 Å². The number of anilines is 1. The second-order valence-electron chi connectivity index (χ2n) is 10.9. The number of hydrogen-bond acceptors (Lipinski definition) is 6. The van der Waals surface area contributed by atoms with E-state index in [9.17, 15) is 9.90 Å². The molecule has 1 aliphatic carbocycles. The van der Waals surface area contributed by atoms with E-state index in [-0.39, 0.29) is 6.10 Å². The number of benzene rings is 1. The fourth-order valence-corrected chi connectivity index (χ4v) is 5.73. The van der Waals surface area contributed by atoms with Crippen LogP contribution in [0.3, 0.4) is 0 Å². The van der Waals surface area contributed by atoms with E-state index in [2.05, 4.69) is 29.6 Å². The van der Waals surface area contributed by atoms with Gasteiger partial charge in [-0.25, -0.2) is 4.98 Å². The van der Waals surface area contributed by atoms with Gasteiger partial charge in [-0.3, -0.25) is 9.69 Å². The molecule has 2 aliphatic heterocycles. The minimum atomic E-state index is -0.825. The first kappa shape index (κ1) is 26.0. The van der Waals surface area contributed by atoms with E-state index in [1.165, 1.54) is 30.4 Å². The van der Waals surface area contributed by atoms with Crippen molar-refractivity contribution in [3.63, 3.8) is 0 Å². The number of methoxy groups -OCH3 is 1. The van der Waals surface area contributed by atoms with Crippen molar-refractivity contribution in [2.24, 2.45) is 5.92 Å². The summed E-state index contributed by atoms with van der Waals surface area (Å²) in [7, 11) is 1.62. The number of unbranched alkanes of at least 4 members (excludes halogenated alkanes) is 2. The zero-order chi connectivity index (χ0) is 25.6. The number of aryl methyl sites for hydroxylation is 2. The van der Waals surface area contributed by atoms with E-state index < -0.39 is 12.0 Å². The summed E-state index contributed by atoms with van der Waals surface area (Å²) in [5.41, 5.74) is 4.47. The van der Waals surface area contributed by atoms with Crippen molar-refractivity contribution in [1.29, 1.82) is 0 Å². The fraction of sp³-hybridized carbons (Fsp3) is 0.600. The number of pyridine rings is 1. The molecule has 1 saturated heterocycles. The number of nitrogens with one attached hydrogen (secondary N) is 1. The Hall–Kier alpha value is -2.64. The van der Waals surface area contributed by atoms with Gasteiger partial charge in [0.05, 0.1) is 13.2 Å². The van der Waals surface area contributed by atoms with Crippen LogP contribution in [-0.2, 0) is 28.8 Å². The number of carboxylic acids is 1. The van der Waals surface area contributed by atoms with Crippen molar-refractivity contribution in [2.45, 2.75) is 76.4 Å². The second kappa shape index (κ2) is 12.3. The number of aromatic nitrogens is 1. The van der Waals surface area contributed by atoms with E-state index >= 15 is 0 Å². The predicted octanol–water partition coefficient (Wildman–Crippen LogP) is 5.03. The Morgan fingerprint density at radius 3 is 2.89 bits per heavy atom. The maximum atomic E-state index is 12.4. The van der Waals surface area contributed by atoms with Crippen LogP contribution in [-0.4, -0.2) is 60.4 Å². The monoisotopic (exact) mass is 507 g/mol. The molecule has 2 aromatic rings. The number of nitrogens with zero attached hydrogens (tertiary/aromatic N) is 2. The van der Waals surface area contributed by atoms with Crippen molar-refractivity contribution in [3.05, 3.63) is 52.7 Å². The molecule has 5 rings (SSSR count). The maximum Gasteiger partial charge on any atom is 0.325 e. The minimum Gasteiger partial charge on any atom is -0.496 e. The van der Waals surface area contributed by atoms with Crippen LogP contribution in [0.4, 0.5) is 5.82 Å². The van der Waals surface area contributed by atoms with Crippen LogP contribution < -0.4 is 10.1 Å². The van der Waals surface area contributed by atoms with Gasteiger partial charge < -0.3 is 19.9 Å². The Labute approximate surface area is 220 Å². The predicted molar refractivity (Wildman–Crippen MR) is 144 cm³/mol. The van der Waals surface area contributed by atoms with Gasteiger partial charge in [-0.15, -0.1) is 0 Å². The molecule has 1 aromatic carbocycles. The maximum absolute atomic E-state index is 12.4. The first-order valence-corrected chi connectivity index (χ1v) is 14.1. The van der Waals surface area contributed by atoms with Crippen molar-refractivity contribution < 1.29 is 19.4 Å². The molecular weight excluding hydrogens is 466 g/mol. The third kappa shape index (κ3) is 6.82. The van der Waals surface area contributed by atoms with E-state index in [1.807, 2.05) is 11.0 Å². The van der Waals surface area contributed by atoms with Gasteiger partial charge in [-0.1, -0.05) is 18.6 Å². The van der Waals surface area contributed by atoms with Crippen molar-refractivity contribution in [1.82, 2.24) is 9.88 Å². The largest absolute Gasteiger partial charge is 0.496 e. The number of aliphatic carboxylic acids is 1. The summed E-state index contributed by atoms with van der Waals surface area (Å²) < 4.78 is 11.7. The van der Waals surface area contributed by atoms with Gasteiger partial charge in [0.1, 0.15) is 17.6 Å². The number of hydrogen-bond donors (Lipinski definition) is 2. The Kier molecular flexibility index (Phi) is 8.62. The van der Waals surface area contributed by atoms with Crippen LogP contribution in [0, 0.1) is 5.92 Å². The summed E-state index contributed by atoms with van der Waals surface area (Å²) in [6.07, 6.45) is 11.0. The molecule has 37 heavy (non-hydrogen) atoms. The number of carbonyl (C=O) groups is 1. The van der Waals surface area contributed by atoms with Gasteiger partial charge >= 0.3 is 5.97 Å². The zero-order valence-corrected chi connectivity index (χ0v) is 22.1. The van der Waals surface area contributed by atoms with Crippen LogP contribution in [0.5, 0.6) is 5.75 Å². The molecule has 3 heterocycles. The van der Waals surface area contributed by atoms with Gasteiger partial charge in [0.2, 0.25) is 0 Å². The van der Waals surface area contributed by atoms with Gasteiger partial charge in [0.15, 0.2) is 0 Å². The molecule has 0 bridgehead atoms. The molecule has 0 radical (unpaired) electrons. The molecule has 0 spiro atoms. The number of carboxylic acid groups (broad SMARTS) is 1. The SMILES string of the molecule is COc1ccc(CC2CC2)cc1C(C(=O)O)N1CC[C@@H](OCCCCCc2ccc3c(n2)NCCC3)C1. The lowest BCUT2D eigenvalue weighted by Gasteiger charge is -2.26. The first-order chi connectivity index (χ1) is 18.1. The van der Waals surface area contributed by atoms with E-state index in [1.54, 1.807) is 7.11 Å². The molecule has 1 unspecified atom stereocenters. The van der Waals surface area contributed by atoms with Gasteiger partial charge in [0.25, 0.3) is 0 Å². The number of rotatable bonds is 13. The normalized spacial score (nSPS) is 20.3. The average molecular weight is 508 g/mol. The molecule has 2 fully saturated rings. The Balaban J connectivity index is 1.07. The van der Waals surface area contributed by atoms with Gasteiger partial charge in [-0.05, 0) is 93.0 Å². The van der Waals surface area contributed by atoms with Crippen LogP contribution in [0.1, 0.15) is 73.4 Å².